The van der Waals surface area contributed by atoms with E-state index in [-0.39, 0.29) is 5.91 Å². The molecule has 41 heavy (non-hydrogen) atoms. The van der Waals surface area contributed by atoms with E-state index in [1.807, 2.05) is 43.4 Å². The number of hydrogen-bond acceptors (Lipinski definition) is 9. The smallest absolute Gasteiger partial charge is 0.247 e. The molecule has 0 aliphatic carbocycles. The molecule has 1 fully saturated rings. The first kappa shape index (κ1) is 29.5. The van der Waals surface area contributed by atoms with E-state index in [9.17, 15) is 4.79 Å². The second-order valence-electron chi connectivity index (χ2n) is 9.81. The summed E-state index contributed by atoms with van der Waals surface area (Å²) in [6.07, 6.45) is 6.20. The van der Waals surface area contributed by atoms with Crippen LogP contribution in [-0.4, -0.2) is 73.4 Å². The van der Waals surface area contributed by atoms with Gasteiger partial charge in [-0.05, 0) is 44.1 Å². The number of aromatic nitrogens is 2. The molecule has 2 aromatic carbocycles. The van der Waals surface area contributed by atoms with Gasteiger partial charge in [-0.3, -0.25) is 4.79 Å². The zero-order valence-corrected chi connectivity index (χ0v) is 24.3. The highest BCUT2D eigenvalue weighted by atomic mass is 16.5. The van der Waals surface area contributed by atoms with Crippen LogP contribution < -0.4 is 25.6 Å². The van der Waals surface area contributed by atoms with E-state index in [2.05, 4.69) is 56.1 Å². The molecule has 0 radical (unpaired) electrons. The third-order valence-corrected chi connectivity index (χ3v) is 7.60. The molecule has 1 saturated heterocycles. The molecule has 216 valence electrons. The average molecular weight is 557 g/mol. The van der Waals surface area contributed by atoms with Gasteiger partial charge in [-0.2, -0.15) is 0 Å². The van der Waals surface area contributed by atoms with Crippen molar-refractivity contribution < 1.29 is 9.53 Å². The van der Waals surface area contributed by atoms with E-state index in [1.54, 1.807) is 7.11 Å². The zero-order chi connectivity index (χ0) is 29.4. The van der Waals surface area contributed by atoms with E-state index in [4.69, 9.17) is 10.1 Å². The normalized spacial score (nSPS) is 13.5. The molecule has 1 aromatic heterocycles. The molecule has 1 amide bonds. The van der Waals surface area contributed by atoms with Crippen molar-refractivity contribution >= 4 is 40.7 Å². The van der Waals surface area contributed by atoms with Gasteiger partial charge in [0.05, 0.1) is 29.9 Å². The van der Waals surface area contributed by atoms with Crippen molar-refractivity contribution in [3.8, 4) is 17.0 Å². The minimum Gasteiger partial charge on any atom is -0.494 e. The summed E-state index contributed by atoms with van der Waals surface area (Å²) in [5.41, 5.74) is 5.49. The van der Waals surface area contributed by atoms with Gasteiger partial charge >= 0.3 is 0 Å². The second kappa shape index (κ2) is 13.8. The van der Waals surface area contributed by atoms with Crippen LogP contribution in [0.3, 0.4) is 0 Å². The van der Waals surface area contributed by atoms with Crippen molar-refractivity contribution in [1.29, 1.82) is 5.41 Å². The first-order chi connectivity index (χ1) is 19.9. The highest BCUT2D eigenvalue weighted by molar-refractivity contribution is 6.02. The van der Waals surface area contributed by atoms with Crippen molar-refractivity contribution in [2.75, 3.05) is 61.2 Å². The number of hydrogen-bond donors (Lipinski definition) is 4. The Kier molecular flexibility index (Phi) is 9.91. The van der Waals surface area contributed by atoms with E-state index in [0.717, 1.165) is 67.2 Å². The van der Waals surface area contributed by atoms with Crippen LogP contribution in [0.15, 0.2) is 55.4 Å². The Hall–Kier alpha value is -4.44. The lowest BCUT2D eigenvalue weighted by molar-refractivity contribution is -0.111. The number of amides is 1. The predicted octanol–water partition coefficient (Wildman–Crippen LogP) is 5.37. The van der Waals surface area contributed by atoms with E-state index in [1.165, 1.54) is 18.6 Å². The average Bonchev–Trinajstić information content (AvgIpc) is 3.02. The SMILES string of the molecule is C=CC(=O)Nc1cc(Nc2cc(-c3ccc(C=N)c(NC)c3)ncn2)c(OC)cc1N1CCC(N(CC)CC)CC1. The standard InChI is InChI=1S/C31H40N8O2/c1-6-31(40)37-26-16-27(29(41-5)18-28(26)39-13-11-23(12-14-39)38(7-2)8-3)36-30-17-25(34-20-35-30)21-9-10-22(19-32)24(15-21)33-4/h6,9-10,15-20,23,32-33H,1,7-8,11-14H2,2-5H3,(H,37,40)(H,34,35,36). The molecule has 0 spiro atoms. The molecule has 0 saturated carbocycles. The minimum atomic E-state index is -0.279. The molecule has 10 nitrogen and oxygen atoms in total. The summed E-state index contributed by atoms with van der Waals surface area (Å²) in [6.45, 7) is 11.9. The Morgan fingerprint density at radius 3 is 2.51 bits per heavy atom. The lowest BCUT2D eigenvalue weighted by atomic mass is 10.0. The maximum absolute atomic E-state index is 12.4. The monoisotopic (exact) mass is 556 g/mol. The number of nitrogens with zero attached hydrogens (tertiary/aromatic N) is 4. The van der Waals surface area contributed by atoms with Gasteiger partial charge < -0.3 is 35.9 Å². The summed E-state index contributed by atoms with van der Waals surface area (Å²) in [5, 5.41) is 17.1. The fraction of sp³-hybridized carbons (Fsp3) is 0.355. The summed E-state index contributed by atoms with van der Waals surface area (Å²) in [5.74, 6) is 0.929. The number of carbonyl (C=O) groups is 1. The molecule has 1 aliphatic heterocycles. The molecule has 10 heteroatoms. The Morgan fingerprint density at radius 2 is 1.88 bits per heavy atom. The van der Waals surface area contributed by atoms with Crippen LogP contribution >= 0.6 is 0 Å². The largest absolute Gasteiger partial charge is 0.494 e. The molecule has 1 aliphatic rings. The Bertz CT molecular complexity index is 1380. The van der Waals surface area contributed by atoms with Crippen molar-refractivity contribution in [2.45, 2.75) is 32.7 Å². The predicted molar refractivity (Wildman–Crippen MR) is 168 cm³/mol. The molecule has 3 aromatic rings. The maximum Gasteiger partial charge on any atom is 0.247 e. The highest BCUT2D eigenvalue weighted by Gasteiger charge is 2.26. The summed E-state index contributed by atoms with van der Waals surface area (Å²) in [7, 11) is 3.46. The van der Waals surface area contributed by atoms with Gasteiger partial charge in [0.25, 0.3) is 0 Å². The summed E-state index contributed by atoms with van der Waals surface area (Å²) < 4.78 is 5.80. The number of nitrogens with one attached hydrogen (secondary N) is 4. The molecule has 4 N–H and O–H groups in total. The van der Waals surface area contributed by atoms with Crippen LogP contribution in [0.25, 0.3) is 11.3 Å². The van der Waals surface area contributed by atoms with Crippen molar-refractivity contribution in [3.63, 3.8) is 0 Å². The Labute approximate surface area is 242 Å². The van der Waals surface area contributed by atoms with Crippen molar-refractivity contribution in [3.05, 3.63) is 60.9 Å². The number of ether oxygens (including phenoxy) is 1. The van der Waals surface area contributed by atoms with Gasteiger partial charge in [0.15, 0.2) is 0 Å². The van der Waals surface area contributed by atoms with Gasteiger partial charge in [-0.25, -0.2) is 9.97 Å². The van der Waals surface area contributed by atoms with Gasteiger partial charge in [-0.15, -0.1) is 0 Å². The third-order valence-electron chi connectivity index (χ3n) is 7.60. The number of piperidine rings is 1. The summed E-state index contributed by atoms with van der Waals surface area (Å²) in [4.78, 5) is 26.1. The first-order valence-corrected chi connectivity index (χ1v) is 14.0. The van der Waals surface area contributed by atoms with Crippen LogP contribution in [-0.2, 0) is 4.79 Å². The second-order valence-corrected chi connectivity index (χ2v) is 9.81. The molecule has 0 unspecified atom stereocenters. The van der Waals surface area contributed by atoms with Crippen LogP contribution in [0.4, 0.5) is 28.6 Å². The lowest BCUT2D eigenvalue weighted by Crippen LogP contribution is -2.45. The number of carbonyl (C=O) groups excluding carboxylic acids is 1. The number of rotatable bonds is 12. The fourth-order valence-electron chi connectivity index (χ4n) is 5.37. The van der Waals surface area contributed by atoms with Gasteiger partial charge in [0.1, 0.15) is 17.9 Å². The fourth-order valence-corrected chi connectivity index (χ4v) is 5.37. The minimum absolute atomic E-state index is 0.279. The summed E-state index contributed by atoms with van der Waals surface area (Å²) >= 11 is 0. The Balaban J connectivity index is 1.64. The maximum atomic E-state index is 12.4. The van der Waals surface area contributed by atoms with E-state index >= 15 is 0 Å². The van der Waals surface area contributed by atoms with E-state index in [0.29, 0.717) is 29.0 Å². The first-order valence-electron chi connectivity index (χ1n) is 14.0. The van der Waals surface area contributed by atoms with Crippen LogP contribution in [0.5, 0.6) is 5.75 Å². The molecule has 2 heterocycles. The van der Waals surface area contributed by atoms with Crippen LogP contribution in [0, 0.1) is 5.41 Å². The van der Waals surface area contributed by atoms with Gasteiger partial charge in [0, 0.05) is 61.3 Å². The lowest BCUT2D eigenvalue weighted by Gasteiger charge is -2.39. The molecule has 4 rings (SSSR count). The molecule has 0 bridgehead atoms. The third kappa shape index (κ3) is 6.83. The molecule has 0 atom stereocenters. The Morgan fingerprint density at radius 1 is 1.12 bits per heavy atom. The summed E-state index contributed by atoms with van der Waals surface area (Å²) in [6, 6.07) is 12.0. The van der Waals surface area contributed by atoms with Gasteiger partial charge in [0.2, 0.25) is 5.91 Å². The number of methoxy groups -OCH3 is 1. The van der Waals surface area contributed by atoms with E-state index < -0.39 is 0 Å². The van der Waals surface area contributed by atoms with Crippen LogP contribution in [0.1, 0.15) is 32.3 Å². The molecular formula is C31H40N8O2. The zero-order valence-electron chi connectivity index (χ0n) is 24.3. The van der Waals surface area contributed by atoms with Crippen molar-refractivity contribution in [2.24, 2.45) is 0 Å². The number of benzene rings is 2. The molecular weight excluding hydrogens is 516 g/mol. The highest BCUT2D eigenvalue weighted by Crippen LogP contribution is 2.40. The topological polar surface area (TPSA) is 118 Å². The van der Waals surface area contributed by atoms with Gasteiger partial charge in [-0.1, -0.05) is 32.6 Å². The van der Waals surface area contributed by atoms with Crippen LogP contribution in [0.2, 0.25) is 0 Å². The van der Waals surface area contributed by atoms with Crippen molar-refractivity contribution in [1.82, 2.24) is 14.9 Å². The number of anilines is 5. The quantitative estimate of drug-likeness (QED) is 0.174.